The van der Waals surface area contributed by atoms with E-state index in [1.54, 1.807) is 0 Å². The molecule has 4 atom stereocenters. The summed E-state index contributed by atoms with van der Waals surface area (Å²) in [5.41, 5.74) is 11.7. The number of anilines is 2. The van der Waals surface area contributed by atoms with E-state index in [2.05, 4.69) is 144 Å². The minimum atomic E-state index is 0.00892. The van der Waals surface area contributed by atoms with Gasteiger partial charge in [-0.15, -0.1) is 11.3 Å². The Hall–Kier alpha value is -4.67. The van der Waals surface area contributed by atoms with Gasteiger partial charge in [-0.25, -0.2) is 4.98 Å². The zero-order valence-electron chi connectivity index (χ0n) is 24.3. The van der Waals surface area contributed by atoms with Crippen LogP contribution in [0.4, 0.5) is 11.4 Å². The SMILES string of the molecule is C1=CC2CC2(N(C2=CC=C(c3ccc4c(c3)C3=Cc5sc(-c6ccccc6)nc5C5CC35N4)C=CC2)c2ccccc2)C=C1. The summed E-state index contributed by atoms with van der Waals surface area (Å²) in [4.78, 5) is 9.06. The van der Waals surface area contributed by atoms with Crippen LogP contribution in [0.2, 0.25) is 0 Å². The van der Waals surface area contributed by atoms with E-state index in [0.717, 1.165) is 24.3 Å². The number of fused-ring (bicyclic) bond motifs is 5. The molecule has 4 heteroatoms. The van der Waals surface area contributed by atoms with Gasteiger partial charge < -0.3 is 10.2 Å². The van der Waals surface area contributed by atoms with Crippen molar-refractivity contribution in [1.82, 2.24) is 4.98 Å². The second-order valence-corrected chi connectivity index (χ2v) is 13.9. The van der Waals surface area contributed by atoms with Gasteiger partial charge in [0.15, 0.2) is 0 Å². The van der Waals surface area contributed by atoms with Crippen LogP contribution in [-0.4, -0.2) is 16.1 Å². The number of hydrogen-bond donors (Lipinski definition) is 1. The molecule has 212 valence electrons. The molecule has 4 unspecified atom stereocenters. The fraction of sp³-hybridized carbons (Fsp3) is 0.175. The lowest BCUT2D eigenvalue weighted by atomic mass is 9.91. The van der Waals surface area contributed by atoms with Crippen molar-refractivity contribution >= 4 is 39.9 Å². The molecule has 1 N–H and O–H groups in total. The molecule has 3 aromatic carbocycles. The lowest BCUT2D eigenvalue weighted by Gasteiger charge is -2.35. The van der Waals surface area contributed by atoms with E-state index in [9.17, 15) is 0 Å². The maximum atomic E-state index is 5.15. The molecule has 5 aliphatic carbocycles. The van der Waals surface area contributed by atoms with Crippen molar-refractivity contribution in [2.75, 3.05) is 10.2 Å². The van der Waals surface area contributed by atoms with Crippen molar-refractivity contribution in [2.45, 2.75) is 36.3 Å². The summed E-state index contributed by atoms with van der Waals surface area (Å²) in [6.07, 6.45) is 24.2. The Balaban J connectivity index is 1.01. The Morgan fingerprint density at radius 2 is 1.75 bits per heavy atom. The van der Waals surface area contributed by atoms with Gasteiger partial charge in [0.1, 0.15) is 5.01 Å². The molecular weight excluding hydrogens is 555 g/mol. The number of aromatic nitrogens is 1. The van der Waals surface area contributed by atoms with E-state index in [0.29, 0.717) is 11.8 Å². The van der Waals surface area contributed by atoms with Crippen LogP contribution in [-0.2, 0) is 0 Å². The zero-order valence-corrected chi connectivity index (χ0v) is 25.1. The molecular formula is C40H31N3S. The predicted molar refractivity (Wildman–Crippen MR) is 183 cm³/mol. The minimum Gasteiger partial charge on any atom is -0.374 e. The van der Waals surface area contributed by atoms with Crippen molar-refractivity contribution in [3.8, 4) is 10.6 Å². The second kappa shape index (κ2) is 8.93. The lowest BCUT2D eigenvalue weighted by Crippen LogP contribution is -2.37. The normalized spacial score (nSPS) is 27.8. The molecule has 1 aromatic heterocycles. The van der Waals surface area contributed by atoms with Crippen LogP contribution >= 0.6 is 11.3 Å². The van der Waals surface area contributed by atoms with Crippen molar-refractivity contribution in [3.05, 3.63) is 155 Å². The molecule has 3 nitrogen and oxygen atoms in total. The van der Waals surface area contributed by atoms with E-state index in [1.807, 2.05) is 11.3 Å². The summed E-state index contributed by atoms with van der Waals surface area (Å²) in [5, 5.41) is 5.06. The molecule has 10 rings (SSSR count). The third kappa shape index (κ3) is 3.52. The number of nitrogens with zero attached hydrogens (tertiary/aromatic N) is 2. The summed E-state index contributed by atoms with van der Waals surface area (Å²) in [6.45, 7) is 0. The maximum absolute atomic E-state index is 5.15. The molecule has 1 aliphatic heterocycles. The molecule has 0 bridgehead atoms. The third-order valence-corrected chi connectivity index (χ3v) is 11.5. The lowest BCUT2D eigenvalue weighted by molar-refractivity contribution is 0.710. The monoisotopic (exact) mass is 585 g/mol. The Morgan fingerprint density at radius 1 is 0.886 bits per heavy atom. The van der Waals surface area contributed by atoms with E-state index in [4.69, 9.17) is 4.98 Å². The van der Waals surface area contributed by atoms with Gasteiger partial charge in [-0.3, -0.25) is 0 Å². The standard InChI is InChI=1S/C40H31N3S/c1-3-10-27(11-4-1)38-41-37-34-25-40(34)33(23-36(37)44-38)32-22-28(18-20-35(32)42-40)26-12-9-16-31(19-17-26)43(30-14-5-2-6-15-30)39-21-8-7-13-29(39)24-39/h1-15,17-23,29,34,42H,16,24-25H2. The van der Waals surface area contributed by atoms with E-state index < -0.39 is 0 Å². The fourth-order valence-electron chi connectivity index (χ4n) is 8.07. The van der Waals surface area contributed by atoms with Crippen LogP contribution < -0.4 is 10.2 Å². The predicted octanol–water partition coefficient (Wildman–Crippen LogP) is 9.63. The number of para-hydroxylation sites is 1. The largest absolute Gasteiger partial charge is 0.374 e. The Morgan fingerprint density at radius 3 is 2.61 bits per heavy atom. The Labute approximate surface area is 262 Å². The van der Waals surface area contributed by atoms with Gasteiger partial charge >= 0.3 is 0 Å². The summed E-state index contributed by atoms with van der Waals surface area (Å²) in [7, 11) is 0. The number of thiazole rings is 1. The third-order valence-electron chi connectivity index (χ3n) is 10.4. The molecule has 0 radical (unpaired) electrons. The first-order valence-corrected chi connectivity index (χ1v) is 16.5. The number of allylic oxidation sites excluding steroid dienone is 7. The van der Waals surface area contributed by atoms with Crippen molar-refractivity contribution in [1.29, 1.82) is 0 Å². The first-order chi connectivity index (χ1) is 21.7. The fourth-order valence-corrected chi connectivity index (χ4v) is 9.14. The van der Waals surface area contributed by atoms with Gasteiger partial charge in [0.05, 0.1) is 21.6 Å². The molecule has 44 heavy (non-hydrogen) atoms. The van der Waals surface area contributed by atoms with Gasteiger partial charge in [-0.2, -0.15) is 0 Å². The molecule has 0 saturated heterocycles. The van der Waals surface area contributed by atoms with Crippen LogP contribution in [0.1, 0.15) is 46.9 Å². The van der Waals surface area contributed by atoms with Gasteiger partial charge in [0.2, 0.25) is 0 Å². The highest BCUT2D eigenvalue weighted by Gasteiger charge is 2.64. The number of benzene rings is 3. The molecule has 0 amide bonds. The summed E-state index contributed by atoms with van der Waals surface area (Å²) in [5.74, 6) is 1.02. The Kier molecular flexibility index (Phi) is 5.02. The molecule has 6 aliphatic rings. The molecule has 2 fully saturated rings. The highest BCUT2D eigenvalue weighted by atomic mass is 32.1. The Bertz CT molecular complexity index is 2040. The smallest absolute Gasteiger partial charge is 0.124 e. The second-order valence-electron chi connectivity index (χ2n) is 12.9. The van der Waals surface area contributed by atoms with Gasteiger partial charge in [0, 0.05) is 46.5 Å². The van der Waals surface area contributed by atoms with Crippen molar-refractivity contribution in [3.63, 3.8) is 0 Å². The van der Waals surface area contributed by atoms with Gasteiger partial charge in [0.25, 0.3) is 0 Å². The first-order valence-electron chi connectivity index (χ1n) is 15.7. The van der Waals surface area contributed by atoms with Crippen molar-refractivity contribution in [2.24, 2.45) is 5.92 Å². The average molecular weight is 586 g/mol. The number of nitrogens with one attached hydrogen (secondary N) is 1. The first kappa shape index (κ1) is 24.7. The zero-order chi connectivity index (χ0) is 28.9. The maximum Gasteiger partial charge on any atom is 0.124 e. The van der Waals surface area contributed by atoms with Crippen molar-refractivity contribution < 1.29 is 0 Å². The van der Waals surface area contributed by atoms with Crippen LogP contribution in [0.5, 0.6) is 0 Å². The number of hydrogen-bond acceptors (Lipinski definition) is 4. The van der Waals surface area contributed by atoms with Crippen LogP contribution in [0.25, 0.3) is 27.8 Å². The molecule has 1 spiro atoms. The van der Waals surface area contributed by atoms with Gasteiger partial charge in [-0.05, 0) is 66.0 Å². The molecule has 4 aromatic rings. The quantitative estimate of drug-likeness (QED) is 0.253. The topological polar surface area (TPSA) is 28.2 Å². The van der Waals surface area contributed by atoms with Gasteiger partial charge in [-0.1, -0.05) is 97.1 Å². The van der Waals surface area contributed by atoms with Crippen LogP contribution in [0.3, 0.4) is 0 Å². The average Bonchev–Trinajstić information content (AvgIpc) is 3.93. The van der Waals surface area contributed by atoms with E-state index in [-0.39, 0.29) is 11.1 Å². The highest BCUT2D eigenvalue weighted by Crippen LogP contribution is 2.68. The van der Waals surface area contributed by atoms with Crippen LogP contribution in [0.15, 0.2) is 133 Å². The van der Waals surface area contributed by atoms with E-state index >= 15 is 0 Å². The summed E-state index contributed by atoms with van der Waals surface area (Å²) >= 11 is 1.83. The molecule has 2 heterocycles. The molecule has 2 saturated carbocycles. The summed E-state index contributed by atoms with van der Waals surface area (Å²) < 4.78 is 0. The highest BCUT2D eigenvalue weighted by molar-refractivity contribution is 7.16. The van der Waals surface area contributed by atoms with Crippen LogP contribution in [0, 0.1) is 5.92 Å². The summed E-state index contributed by atoms with van der Waals surface area (Å²) in [6, 6.07) is 28.5. The minimum absolute atomic E-state index is 0.00892. The number of rotatable bonds is 5. The van der Waals surface area contributed by atoms with E-state index in [1.165, 1.54) is 55.5 Å².